The molecule has 0 unspecified atom stereocenters. The summed E-state index contributed by atoms with van der Waals surface area (Å²) in [5.41, 5.74) is 2.12. The average molecular weight is 313 g/mol. The summed E-state index contributed by atoms with van der Waals surface area (Å²) < 4.78 is 5.09. The summed E-state index contributed by atoms with van der Waals surface area (Å²) in [4.78, 5) is 27.2. The van der Waals surface area contributed by atoms with Gasteiger partial charge in [0.2, 0.25) is 5.91 Å². The van der Waals surface area contributed by atoms with Crippen molar-refractivity contribution in [3.63, 3.8) is 0 Å². The SMILES string of the molecule is COc1ccc(CNC(=O)c2ccnc(CNC(C)=O)c2)cc1. The molecule has 0 aliphatic carbocycles. The number of ether oxygens (including phenoxy) is 1. The number of carbonyl (C=O) groups excluding carboxylic acids is 2. The lowest BCUT2D eigenvalue weighted by molar-refractivity contribution is -0.119. The number of nitrogens with zero attached hydrogens (tertiary/aromatic N) is 1. The molecule has 6 nitrogen and oxygen atoms in total. The van der Waals surface area contributed by atoms with Crippen molar-refractivity contribution in [2.75, 3.05) is 7.11 Å². The first-order chi connectivity index (χ1) is 11.1. The van der Waals surface area contributed by atoms with E-state index in [1.807, 2.05) is 24.3 Å². The van der Waals surface area contributed by atoms with Crippen LogP contribution < -0.4 is 15.4 Å². The van der Waals surface area contributed by atoms with Gasteiger partial charge in [-0.1, -0.05) is 12.1 Å². The van der Waals surface area contributed by atoms with Crippen LogP contribution in [0.2, 0.25) is 0 Å². The lowest BCUT2D eigenvalue weighted by Gasteiger charge is -2.08. The Morgan fingerprint density at radius 1 is 1.09 bits per heavy atom. The van der Waals surface area contributed by atoms with Crippen molar-refractivity contribution in [2.24, 2.45) is 0 Å². The van der Waals surface area contributed by atoms with Crippen molar-refractivity contribution in [3.05, 3.63) is 59.4 Å². The van der Waals surface area contributed by atoms with Crippen molar-refractivity contribution < 1.29 is 14.3 Å². The molecule has 120 valence electrons. The van der Waals surface area contributed by atoms with Crippen LogP contribution in [0.3, 0.4) is 0 Å². The Morgan fingerprint density at radius 2 is 1.83 bits per heavy atom. The Balaban J connectivity index is 1.94. The summed E-state index contributed by atoms with van der Waals surface area (Å²) >= 11 is 0. The molecule has 1 aromatic carbocycles. The highest BCUT2D eigenvalue weighted by molar-refractivity contribution is 5.94. The van der Waals surface area contributed by atoms with Gasteiger partial charge in [-0.05, 0) is 29.8 Å². The van der Waals surface area contributed by atoms with E-state index in [0.29, 0.717) is 24.3 Å². The molecule has 2 amide bonds. The van der Waals surface area contributed by atoms with Gasteiger partial charge in [-0.25, -0.2) is 0 Å². The standard InChI is InChI=1S/C17H19N3O3/c1-12(21)19-11-15-9-14(7-8-18-15)17(22)20-10-13-3-5-16(23-2)6-4-13/h3-9H,10-11H2,1-2H3,(H,19,21)(H,20,22). The third-order valence-corrected chi connectivity index (χ3v) is 3.21. The fraction of sp³-hybridized carbons (Fsp3) is 0.235. The topological polar surface area (TPSA) is 80.3 Å². The minimum absolute atomic E-state index is 0.138. The zero-order chi connectivity index (χ0) is 16.7. The van der Waals surface area contributed by atoms with Crippen molar-refractivity contribution in [2.45, 2.75) is 20.0 Å². The van der Waals surface area contributed by atoms with Crippen molar-refractivity contribution in [1.29, 1.82) is 0 Å². The lowest BCUT2D eigenvalue weighted by Crippen LogP contribution is -2.24. The fourth-order valence-electron chi connectivity index (χ4n) is 1.96. The summed E-state index contributed by atoms with van der Waals surface area (Å²) in [7, 11) is 1.61. The number of aromatic nitrogens is 1. The maximum Gasteiger partial charge on any atom is 0.251 e. The monoisotopic (exact) mass is 313 g/mol. The van der Waals surface area contributed by atoms with Gasteiger partial charge >= 0.3 is 0 Å². The number of hydrogen-bond acceptors (Lipinski definition) is 4. The van der Waals surface area contributed by atoms with Gasteiger partial charge in [0.1, 0.15) is 5.75 Å². The van der Waals surface area contributed by atoms with Crippen LogP contribution in [-0.2, 0) is 17.9 Å². The number of nitrogens with one attached hydrogen (secondary N) is 2. The van der Waals surface area contributed by atoms with Crippen LogP contribution in [0.5, 0.6) is 5.75 Å². The summed E-state index contributed by atoms with van der Waals surface area (Å²) in [5, 5.41) is 5.50. The number of amides is 2. The molecular formula is C17H19N3O3. The molecular weight excluding hydrogens is 294 g/mol. The highest BCUT2D eigenvalue weighted by Gasteiger charge is 2.07. The van der Waals surface area contributed by atoms with Gasteiger partial charge in [0.05, 0.1) is 19.3 Å². The fourth-order valence-corrected chi connectivity index (χ4v) is 1.96. The second kappa shape index (κ2) is 7.93. The molecule has 0 fully saturated rings. The van der Waals surface area contributed by atoms with E-state index < -0.39 is 0 Å². The molecule has 23 heavy (non-hydrogen) atoms. The van der Waals surface area contributed by atoms with Crippen molar-refractivity contribution in [1.82, 2.24) is 15.6 Å². The van der Waals surface area contributed by atoms with E-state index in [4.69, 9.17) is 4.74 Å². The number of rotatable bonds is 6. The number of carbonyl (C=O) groups is 2. The van der Waals surface area contributed by atoms with Crippen LogP contribution in [0.15, 0.2) is 42.6 Å². The molecule has 0 aliphatic heterocycles. The molecule has 0 saturated heterocycles. The normalized spacial score (nSPS) is 10.0. The minimum Gasteiger partial charge on any atom is -0.497 e. The van der Waals surface area contributed by atoms with E-state index >= 15 is 0 Å². The van der Waals surface area contributed by atoms with E-state index in [2.05, 4.69) is 15.6 Å². The van der Waals surface area contributed by atoms with Crippen LogP contribution in [0, 0.1) is 0 Å². The van der Waals surface area contributed by atoms with Crippen LogP contribution in [0.1, 0.15) is 28.5 Å². The van der Waals surface area contributed by atoms with Gasteiger partial charge < -0.3 is 15.4 Å². The number of methoxy groups -OCH3 is 1. The predicted molar refractivity (Wildman–Crippen MR) is 85.9 cm³/mol. The van der Waals surface area contributed by atoms with Gasteiger partial charge in [-0.2, -0.15) is 0 Å². The number of pyridine rings is 1. The lowest BCUT2D eigenvalue weighted by atomic mass is 10.2. The first kappa shape index (κ1) is 16.5. The highest BCUT2D eigenvalue weighted by Crippen LogP contribution is 2.11. The van der Waals surface area contributed by atoms with Crippen LogP contribution in [-0.4, -0.2) is 23.9 Å². The molecule has 0 aliphatic rings. The van der Waals surface area contributed by atoms with E-state index in [1.54, 1.807) is 25.4 Å². The Hall–Kier alpha value is -2.89. The van der Waals surface area contributed by atoms with E-state index in [-0.39, 0.29) is 11.8 Å². The Labute approximate surface area is 134 Å². The molecule has 0 atom stereocenters. The van der Waals surface area contributed by atoms with Crippen LogP contribution >= 0.6 is 0 Å². The molecule has 2 N–H and O–H groups in total. The summed E-state index contributed by atoms with van der Waals surface area (Å²) in [6, 6.07) is 10.8. The molecule has 2 aromatic rings. The maximum atomic E-state index is 12.2. The van der Waals surface area contributed by atoms with Gasteiger partial charge in [-0.3, -0.25) is 14.6 Å². The first-order valence-electron chi connectivity index (χ1n) is 7.19. The molecule has 6 heteroatoms. The predicted octanol–water partition coefficient (Wildman–Crippen LogP) is 1.66. The second-order valence-electron chi connectivity index (χ2n) is 4.98. The third-order valence-electron chi connectivity index (χ3n) is 3.21. The van der Waals surface area contributed by atoms with E-state index in [0.717, 1.165) is 11.3 Å². The van der Waals surface area contributed by atoms with Crippen LogP contribution in [0.25, 0.3) is 0 Å². The molecule has 1 aromatic heterocycles. The van der Waals surface area contributed by atoms with Gasteiger partial charge in [0.25, 0.3) is 5.91 Å². The molecule has 0 radical (unpaired) electrons. The smallest absolute Gasteiger partial charge is 0.251 e. The maximum absolute atomic E-state index is 12.2. The van der Waals surface area contributed by atoms with Crippen LogP contribution in [0.4, 0.5) is 0 Å². The summed E-state index contributed by atoms with van der Waals surface area (Å²) in [6.07, 6.45) is 1.56. The Kier molecular flexibility index (Phi) is 5.68. The molecule has 0 bridgehead atoms. The van der Waals surface area contributed by atoms with Gasteiger partial charge in [0, 0.05) is 25.2 Å². The molecule has 0 spiro atoms. The second-order valence-corrected chi connectivity index (χ2v) is 4.98. The summed E-state index contributed by atoms with van der Waals surface area (Å²) in [6.45, 7) is 2.16. The third kappa shape index (κ3) is 5.10. The molecule has 0 saturated carbocycles. The first-order valence-corrected chi connectivity index (χ1v) is 7.19. The minimum atomic E-state index is -0.188. The largest absolute Gasteiger partial charge is 0.497 e. The Morgan fingerprint density at radius 3 is 2.48 bits per heavy atom. The summed E-state index contributed by atoms with van der Waals surface area (Å²) in [5.74, 6) is 0.449. The van der Waals surface area contributed by atoms with E-state index in [9.17, 15) is 9.59 Å². The zero-order valence-electron chi connectivity index (χ0n) is 13.1. The molecule has 1 heterocycles. The van der Waals surface area contributed by atoms with E-state index in [1.165, 1.54) is 6.92 Å². The zero-order valence-corrected chi connectivity index (χ0v) is 13.1. The number of hydrogen-bond donors (Lipinski definition) is 2. The van der Waals surface area contributed by atoms with Gasteiger partial charge in [-0.15, -0.1) is 0 Å². The quantitative estimate of drug-likeness (QED) is 0.850. The highest BCUT2D eigenvalue weighted by atomic mass is 16.5. The van der Waals surface area contributed by atoms with Gasteiger partial charge in [0.15, 0.2) is 0 Å². The Bertz CT molecular complexity index is 684. The average Bonchev–Trinajstić information content (AvgIpc) is 2.58. The molecule has 2 rings (SSSR count). The number of benzene rings is 1. The van der Waals surface area contributed by atoms with Crippen molar-refractivity contribution in [3.8, 4) is 5.75 Å². The van der Waals surface area contributed by atoms with Crippen molar-refractivity contribution >= 4 is 11.8 Å².